The van der Waals surface area contributed by atoms with Crippen molar-refractivity contribution in [2.45, 2.75) is 19.3 Å². The van der Waals surface area contributed by atoms with Crippen LogP contribution in [0.1, 0.15) is 18.5 Å². The Morgan fingerprint density at radius 3 is 2.80 bits per heavy atom. The Labute approximate surface area is 148 Å². The standard InChI is InChI=1S/C19H24N4O2/c1-20-18-10-9-16(21-22-18)12-15-6-5-11-23(13-15)19(24)14-25-17-7-3-2-4-8-17/h2-4,7-10,15H,5-6,11-14H2,1H3,(H,20,22). The molecular weight excluding hydrogens is 316 g/mol. The van der Waals surface area contributed by atoms with Gasteiger partial charge in [-0.3, -0.25) is 4.79 Å². The van der Waals surface area contributed by atoms with Gasteiger partial charge in [0, 0.05) is 20.1 Å². The summed E-state index contributed by atoms with van der Waals surface area (Å²) in [6.45, 7) is 1.65. The maximum atomic E-state index is 12.4. The Bertz CT molecular complexity index is 676. The van der Waals surface area contributed by atoms with E-state index in [9.17, 15) is 4.79 Å². The number of likely N-dealkylation sites (tertiary alicyclic amines) is 1. The number of carbonyl (C=O) groups excluding carboxylic acids is 1. The third-order valence-corrected chi connectivity index (χ3v) is 4.45. The molecule has 3 rings (SSSR count). The highest BCUT2D eigenvalue weighted by atomic mass is 16.5. The summed E-state index contributed by atoms with van der Waals surface area (Å²) in [5.41, 5.74) is 0.971. The van der Waals surface area contributed by atoms with Gasteiger partial charge in [-0.25, -0.2) is 0 Å². The van der Waals surface area contributed by atoms with Gasteiger partial charge < -0.3 is 15.0 Å². The van der Waals surface area contributed by atoms with Crippen molar-refractivity contribution < 1.29 is 9.53 Å². The zero-order valence-electron chi connectivity index (χ0n) is 14.5. The number of benzene rings is 1. The van der Waals surface area contributed by atoms with E-state index in [1.54, 1.807) is 0 Å². The summed E-state index contributed by atoms with van der Waals surface area (Å²) in [6.07, 6.45) is 2.98. The van der Waals surface area contributed by atoms with Crippen LogP contribution in [0.2, 0.25) is 0 Å². The lowest BCUT2D eigenvalue weighted by molar-refractivity contribution is -0.135. The van der Waals surface area contributed by atoms with E-state index >= 15 is 0 Å². The van der Waals surface area contributed by atoms with Gasteiger partial charge in [-0.15, -0.1) is 5.10 Å². The molecule has 0 spiro atoms. The first-order valence-corrected chi connectivity index (χ1v) is 8.70. The minimum Gasteiger partial charge on any atom is -0.484 e. The van der Waals surface area contributed by atoms with Gasteiger partial charge in [0.15, 0.2) is 6.61 Å². The van der Waals surface area contributed by atoms with E-state index in [1.807, 2.05) is 54.4 Å². The maximum Gasteiger partial charge on any atom is 0.260 e. The van der Waals surface area contributed by atoms with Crippen LogP contribution in [0.4, 0.5) is 5.82 Å². The molecule has 1 fully saturated rings. The van der Waals surface area contributed by atoms with Crippen LogP contribution in [0, 0.1) is 5.92 Å². The molecule has 1 atom stereocenters. The monoisotopic (exact) mass is 340 g/mol. The van der Waals surface area contributed by atoms with Crippen LogP contribution in [0.3, 0.4) is 0 Å². The number of rotatable bonds is 6. The molecule has 1 aliphatic heterocycles. The molecule has 1 N–H and O–H groups in total. The van der Waals surface area contributed by atoms with Gasteiger partial charge in [-0.05, 0) is 49.4 Å². The van der Waals surface area contributed by atoms with Crippen molar-refractivity contribution in [1.29, 1.82) is 0 Å². The second-order valence-corrected chi connectivity index (χ2v) is 6.31. The van der Waals surface area contributed by atoms with E-state index in [2.05, 4.69) is 15.5 Å². The molecule has 6 nitrogen and oxygen atoms in total. The molecule has 132 valence electrons. The van der Waals surface area contributed by atoms with Crippen molar-refractivity contribution in [3.63, 3.8) is 0 Å². The van der Waals surface area contributed by atoms with Crippen molar-refractivity contribution >= 4 is 11.7 Å². The summed E-state index contributed by atoms with van der Waals surface area (Å²) in [7, 11) is 1.83. The first kappa shape index (κ1) is 17.2. The number of aromatic nitrogens is 2. The number of ether oxygens (including phenoxy) is 1. The molecule has 0 bridgehead atoms. The highest BCUT2D eigenvalue weighted by Gasteiger charge is 2.24. The van der Waals surface area contributed by atoms with Crippen molar-refractivity contribution in [1.82, 2.24) is 15.1 Å². The molecular formula is C19H24N4O2. The number of hydrogen-bond donors (Lipinski definition) is 1. The van der Waals surface area contributed by atoms with Crippen LogP contribution >= 0.6 is 0 Å². The SMILES string of the molecule is CNc1ccc(CC2CCCN(C(=O)COc3ccccc3)C2)nn1. The number of nitrogens with zero attached hydrogens (tertiary/aromatic N) is 3. The molecule has 0 saturated carbocycles. The molecule has 0 aliphatic carbocycles. The third-order valence-electron chi connectivity index (χ3n) is 4.45. The fourth-order valence-electron chi connectivity index (χ4n) is 3.11. The highest BCUT2D eigenvalue weighted by molar-refractivity contribution is 5.77. The van der Waals surface area contributed by atoms with Gasteiger partial charge >= 0.3 is 0 Å². The first-order chi connectivity index (χ1) is 12.2. The average molecular weight is 340 g/mol. The average Bonchev–Trinajstić information content (AvgIpc) is 2.68. The number of piperidine rings is 1. The number of nitrogens with one attached hydrogen (secondary N) is 1. The smallest absolute Gasteiger partial charge is 0.260 e. The summed E-state index contributed by atoms with van der Waals surface area (Å²) < 4.78 is 5.58. The van der Waals surface area contributed by atoms with Gasteiger partial charge in [-0.1, -0.05) is 18.2 Å². The maximum absolute atomic E-state index is 12.4. The topological polar surface area (TPSA) is 67.4 Å². The fourth-order valence-corrected chi connectivity index (χ4v) is 3.11. The van der Waals surface area contributed by atoms with Crippen molar-refractivity contribution in [2.75, 3.05) is 32.1 Å². The minimum absolute atomic E-state index is 0.0465. The summed E-state index contributed by atoms with van der Waals surface area (Å²) in [5, 5.41) is 11.3. The summed E-state index contributed by atoms with van der Waals surface area (Å²) >= 11 is 0. The molecule has 1 aliphatic rings. The van der Waals surface area contributed by atoms with Gasteiger partial charge in [0.2, 0.25) is 0 Å². The molecule has 2 aromatic rings. The van der Waals surface area contributed by atoms with E-state index in [0.29, 0.717) is 5.92 Å². The molecule has 2 heterocycles. The molecule has 25 heavy (non-hydrogen) atoms. The number of hydrogen-bond acceptors (Lipinski definition) is 5. The van der Waals surface area contributed by atoms with Crippen LogP contribution in [0.25, 0.3) is 0 Å². The minimum atomic E-state index is 0.0465. The zero-order chi connectivity index (χ0) is 17.5. The van der Waals surface area contributed by atoms with Crippen molar-refractivity contribution in [3.8, 4) is 5.75 Å². The molecule has 6 heteroatoms. The number of anilines is 1. The quantitative estimate of drug-likeness (QED) is 0.874. The van der Waals surface area contributed by atoms with Crippen LogP contribution in [-0.2, 0) is 11.2 Å². The lowest BCUT2D eigenvalue weighted by Crippen LogP contribution is -2.42. The van der Waals surface area contributed by atoms with Crippen LogP contribution in [-0.4, -0.2) is 47.7 Å². The first-order valence-electron chi connectivity index (χ1n) is 8.70. The summed E-state index contributed by atoms with van der Waals surface area (Å²) in [5.74, 6) is 1.96. The van der Waals surface area contributed by atoms with Crippen molar-refractivity contribution in [2.24, 2.45) is 5.92 Å². The second-order valence-electron chi connectivity index (χ2n) is 6.31. The number of carbonyl (C=O) groups is 1. The Balaban J connectivity index is 1.50. The Morgan fingerprint density at radius 2 is 2.08 bits per heavy atom. The molecule has 1 saturated heterocycles. The van der Waals surface area contributed by atoms with E-state index in [4.69, 9.17) is 4.74 Å². The Kier molecular flexibility index (Phi) is 5.82. The molecule has 1 aromatic carbocycles. The van der Waals surface area contributed by atoms with Gasteiger partial charge in [0.05, 0.1) is 5.69 Å². The predicted octanol–water partition coefficient (Wildman–Crippen LogP) is 2.38. The number of amides is 1. The number of para-hydroxylation sites is 1. The highest BCUT2D eigenvalue weighted by Crippen LogP contribution is 2.20. The van der Waals surface area contributed by atoms with E-state index in [1.165, 1.54) is 0 Å². The molecule has 1 unspecified atom stereocenters. The predicted molar refractivity (Wildman–Crippen MR) is 96.5 cm³/mol. The Morgan fingerprint density at radius 1 is 1.24 bits per heavy atom. The normalized spacial score (nSPS) is 17.2. The van der Waals surface area contributed by atoms with Crippen LogP contribution in [0.15, 0.2) is 42.5 Å². The van der Waals surface area contributed by atoms with Gasteiger partial charge in [-0.2, -0.15) is 5.10 Å². The fraction of sp³-hybridized carbons (Fsp3) is 0.421. The van der Waals surface area contributed by atoms with Crippen molar-refractivity contribution in [3.05, 3.63) is 48.2 Å². The van der Waals surface area contributed by atoms with Gasteiger partial charge in [0.1, 0.15) is 11.6 Å². The second kappa shape index (κ2) is 8.46. The Hall–Kier alpha value is -2.63. The third kappa shape index (κ3) is 4.92. The zero-order valence-corrected chi connectivity index (χ0v) is 14.5. The summed E-state index contributed by atoms with van der Waals surface area (Å²) in [4.78, 5) is 14.3. The lowest BCUT2D eigenvalue weighted by atomic mass is 9.93. The van der Waals surface area contributed by atoms with Crippen LogP contribution < -0.4 is 10.1 Å². The molecule has 1 amide bonds. The van der Waals surface area contributed by atoms with E-state index < -0.39 is 0 Å². The van der Waals surface area contributed by atoms with E-state index in [-0.39, 0.29) is 12.5 Å². The summed E-state index contributed by atoms with van der Waals surface area (Å²) in [6, 6.07) is 13.4. The lowest BCUT2D eigenvalue weighted by Gasteiger charge is -2.32. The largest absolute Gasteiger partial charge is 0.484 e. The molecule has 1 aromatic heterocycles. The molecule has 0 radical (unpaired) electrons. The van der Waals surface area contributed by atoms with Gasteiger partial charge in [0.25, 0.3) is 5.91 Å². The van der Waals surface area contributed by atoms with E-state index in [0.717, 1.165) is 49.6 Å². The van der Waals surface area contributed by atoms with Crippen LogP contribution in [0.5, 0.6) is 5.75 Å².